The van der Waals surface area contributed by atoms with Crippen LogP contribution < -0.4 is 21.7 Å². The first-order valence-corrected chi connectivity index (χ1v) is 9.94. The Morgan fingerprint density at radius 1 is 0.867 bits per heavy atom. The van der Waals surface area contributed by atoms with E-state index in [1.807, 2.05) is 44.2 Å². The Bertz CT molecular complexity index is 738. The van der Waals surface area contributed by atoms with Crippen molar-refractivity contribution in [1.82, 2.24) is 16.0 Å². The molecule has 0 saturated carbocycles. The first-order valence-electron chi connectivity index (χ1n) is 9.94. The van der Waals surface area contributed by atoms with Crippen LogP contribution in [-0.2, 0) is 25.6 Å². The molecule has 0 aliphatic carbocycles. The van der Waals surface area contributed by atoms with Gasteiger partial charge in [0.05, 0.1) is 6.04 Å². The summed E-state index contributed by atoms with van der Waals surface area (Å²) in [7, 11) is 0. The van der Waals surface area contributed by atoms with Crippen molar-refractivity contribution in [2.24, 2.45) is 11.7 Å². The van der Waals surface area contributed by atoms with Crippen LogP contribution in [0.3, 0.4) is 0 Å². The zero-order valence-corrected chi connectivity index (χ0v) is 17.8. The first kappa shape index (κ1) is 25.1. The molecule has 9 heteroatoms. The SMILES string of the molecule is CC(C)CC(NC(=O)C(C)NC(=O)C(C)NC(=O)C(N)Cc1ccccc1)C(=O)O. The summed E-state index contributed by atoms with van der Waals surface area (Å²) in [6.07, 6.45) is 0.597. The molecule has 4 unspecified atom stereocenters. The number of nitrogens with two attached hydrogens (primary N) is 1. The van der Waals surface area contributed by atoms with E-state index < -0.39 is 47.9 Å². The Balaban J connectivity index is 2.54. The Kier molecular flexibility index (Phi) is 9.97. The average molecular weight is 421 g/mol. The maximum atomic E-state index is 12.3. The molecule has 6 N–H and O–H groups in total. The van der Waals surface area contributed by atoms with Crippen LogP contribution >= 0.6 is 0 Å². The summed E-state index contributed by atoms with van der Waals surface area (Å²) < 4.78 is 0. The third-order valence-corrected chi connectivity index (χ3v) is 4.46. The van der Waals surface area contributed by atoms with Crippen LogP contribution in [0.2, 0.25) is 0 Å². The van der Waals surface area contributed by atoms with Crippen LogP contribution in [0.25, 0.3) is 0 Å². The molecule has 0 aromatic heterocycles. The van der Waals surface area contributed by atoms with Gasteiger partial charge < -0.3 is 26.8 Å². The van der Waals surface area contributed by atoms with Crippen molar-refractivity contribution < 1.29 is 24.3 Å². The molecule has 4 atom stereocenters. The highest BCUT2D eigenvalue weighted by Crippen LogP contribution is 2.05. The lowest BCUT2D eigenvalue weighted by Crippen LogP contribution is -2.55. The highest BCUT2D eigenvalue weighted by atomic mass is 16.4. The molecule has 0 radical (unpaired) electrons. The molecular formula is C21H32N4O5. The second-order valence-electron chi connectivity index (χ2n) is 7.79. The molecule has 3 amide bonds. The van der Waals surface area contributed by atoms with Crippen LogP contribution in [0.1, 0.15) is 39.7 Å². The van der Waals surface area contributed by atoms with Gasteiger partial charge in [0.15, 0.2) is 0 Å². The van der Waals surface area contributed by atoms with E-state index in [4.69, 9.17) is 5.73 Å². The van der Waals surface area contributed by atoms with Crippen LogP contribution in [0.4, 0.5) is 0 Å². The molecule has 0 aliphatic rings. The fraction of sp³-hybridized carbons (Fsp3) is 0.524. The number of carboxylic acid groups (broad SMARTS) is 1. The number of nitrogens with one attached hydrogen (secondary N) is 3. The van der Waals surface area contributed by atoms with Crippen molar-refractivity contribution in [3.63, 3.8) is 0 Å². The Labute approximate surface area is 176 Å². The van der Waals surface area contributed by atoms with E-state index in [9.17, 15) is 24.3 Å². The van der Waals surface area contributed by atoms with Gasteiger partial charge in [0.1, 0.15) is 18.1 Å². The monoisotopic (exact) mass is 420 g/mol. The van der Waals surface area contributed by atoms with E-state index >= 15 is 0 Å². The van der Waals surface area contributed by atoms with Gasteiger partial charge in [-0.25, -0.2) is 4.79 Å². The van der Waals surface area contributed by atoms with Crippen LogP contribution in [0.5, 0.6) is 0 Å². The van der Waals surface area contributed by atoms with Crippen molar-refractivity contribution in [2.75, 3.05) is 0 Å². The van der Waals surface area contributed by atoms with E-state index in [-0.39, 0.29) is 12.3 Å². The molecule has 9 nitrogen and oxygen atoms in total. The van der Waals surface area contributed by atoms with Gasteiger partial charge in [-0.3, -0.25) is 14.4 Å². The molecule has 1 aromatic rings. The third-order valence-electron chi connectivity index (χ3n) is 4.46. The van der Waals surface area contributed by atoms with E-state index in [2.05, 4.69) is 16.0 Å². The minimum atomic E-state index is -1.14. The van der Waals surface area contributed by atoms with E-state index in [0.717, 1.165) is 5.56 Å². The van der Waals surface area contributed by atoms with Crippen molar-refractivity contribution in [3.05, 3.63) is 35.9 Å². The second-order valence-corrected chi connectivity index (χ2v) is 7.79. The molecule has 0 fully saturated rings. The summed E-state index contributed by atoms with van der Waals surface area (Å²) in [6, 6.07) is 5.52. The maximum Gasteiger partial charge on any atom is 0.326 e. The van der Waals surface area contributed by atoms with Gasteiger partial charge in [-0.2, -0.15) is 0 Å². The van der Waals surface area contributed by atoms with Crippen molar-refractivity contribution in [3.8, 4) is 0 Å². The lowest BCUT2D eigenvalue weighted by Gasteiger charge is -2.22. The van der Waals surface area contributed by atoms with Crippen molar-refractivity contribution in [2.45, 2.75) is 64.7 Å². The predicted octanol–water partition coefficient (Wildman–Crippen LogP) is 0.181. The number of carbonyl (C=O) groups is 4. The summed E-state index contributed by atoms with van der Waals surface area (Å²) in [4.78, 5) is 48.1. The largest absolute Gasteiger partial charge is 0.480 e. The van der Waals surface area contributed by atoms with Crippen molar-refractivity contribution >= 4 is 23.7 Å². The number of carbonyl (C=O) groups excluding carboxylic acids is 3. The van der Waals surface area contributed by atoms with Gasteiger partial charge in [-0.1, -0.05) is 44.2 Å². The van der Waals surface area contributed by atoms with Gasteiger partial charge in [0.25, 0.3) is 0 Å². The molecule has 1 aromatic carbocycles. The number of hydrogen-bond donors (Lipinski definition) is 5. The zero-order chi connectivity index (χ0) is 22.8. The fourth-order valence-electron chi connectivity index (χ4n) is 2.74. The van der Waals surface area contributed by atoms with Crippen molar-refractivity contribution in [1.29, 1.82) is 0 Å². The van der Waals surface area contributed by atoms with Gasteiger partial charge in [-0.05, 0) is 38.2 Å². The summed E-state index contributed by atoms with van der Waals surface area (Å²) in [5.74, 6) is -2.74. The lowest BCUT2D eigenvalue weighted by molar-refractivity contribution is -0.142. The number of carboxylic acids is 1. The molecule has 0 saturated heterocycles. The standard InChI is InChI=1S/C21H32N4O5/c1-12(2)10-17(21(29)30)25-19(27)14(4)23-18(26)13(3)24-20(28)16(22)11-15-8-6-5-7-9-15/h5-9,12-14,16-17H,10-11,22H2,1-4H3,(H,23,26)(H,24,28)(H,25,27)(H,29,30). The predicted molar refractivity (Wildman–Crippen MR) is 112 cm³/mol. The Morgan fingerprint density at radius 2 is 1.37 bits per heavy atom. The van der Waals surface area contributed by atoms with Gasteiger partial charge in [0.2, 0.25) is 17.7 Å². The smallest absolute Gasteiger partial charge is 0.326 e. The zero-order valence-electron chi connectivity index (χ0n) is 17.8. The molecule has 30 heavy (non-hydrogen) atoms. The molecule has 0 bridgehead atoms. The number of aliphatic carboxylic acids is 1. The normalized spacial score (nSPS) is 14.9. The van der Waals surface area contributed by atoms with E-state index in [0.29, 0.717) is 6.42 Å². The molecule has 166 valence electrons. The Morgan fingerprint density at radius 3 is 1.87 bits per heavy atom. The number of hydrogen-bond acceptors (Lipinski definition) is 5. The first-order chi connectivity index (χ1) is 14.0. The average Bonchev–Trinajstić information content (AvgIpc) is 2.67. The lowest BCUT2D eigenvalue weighted by atomic mass is 10.0. The van der Waals surface area contributed by atoms with Crippen LogP contribution in [0, 0.1) is 5.92 Å². The van der Waals surface area contributed by atoms with E-state index in [1.54, 1.807) is 0 Å². The van der Waals surface area contributed by atoms with Gasteiger partial charge in [-0.15, -0.1) is 0 Å². The molecule has 0 spiro atoms. The minimum Gasteiger partial charge on any atom is -0.480 e. The van der Waals surface area contributed by atoms with E-state index in [1.165, 1.54) is 13.8 Å². The summed E-state index contributed by atoms with van der Waals surface area (Å²) >= 11 is 0. The quantitative estimate of drug-likeness (QED) is 0.345. The number of benzene rings is 1. The van der Waals surface area contributed by atoms with Crippen LogP contribution in [0.15, 0.2) is 30.3 Å². The second kappa shape index (κ2) is 11.9. The topological polar surface area (TPSA) is 151 Å². The third kappa shape index (κ3) is 8.60. The highest BCUT2D eigenvalue weighted by Gasteiger charge is 2.26. The summed E-state index contributed by atoms with van der Waals surface area (Å²) in [5.41, 5.74) is 6.81. The highest BCUT2D eigenvalue weighted by molar-refractivity contribution is 5.93. The number of rotatable bonds is 11. The molecule has 0 heterocycles. The molecule has 1 rings (SSSR count). The minimum absolute atomic E-state index is 0.0756. The fourth-order valence-corrected chi connectivity index (χ4v) is 2.74. The van der Waals surface area contributed by atoms with Gasteiger partial charge in [0, 0.05) is 0 Å². The summed E-state index contributed by atoms with van der Waals surface area (Å²) in [5, 5.41) is 16.6. The summed E-state index contributed by atoms with van der Waals surface area (Å²) in [6.45, 7) is 6.61. The molecule has 0 aliphatic heterocycles. The molecular weight excluding hydrogens is 388 g/mol. The Hall–Kier alpha value is -2.94. The maximum absolute atomic E-state index is 12.3. The number of amides is 3. The van der Waals surface area contributed by atoms with Crippen LogP contribution in [-0.4, -0.2) is 53.0 Å². The van der Waals surface area contributed by atoms with Gasteiger partial charge >= 0.3 is 5.97 Å².